The van der Waals surface area contributed by atoms with Crippen molar-refractivity contribution in [2.24, 2.45) is 16.6 Å². The van der Waals surface area contributed by atoms with E-state index in [0.29, 0.717) is 5.41 Å². The van der Waals surface area contributed by atoms with Crippen LogP contribution in [-0.4, -0.2) is 32.8 Å². The minimum absolute atomic E-state index is 0.217. The number of nitrogens with two attached hydrogens (primary N) is 1. The predicted octanol–water partition coefficient (Wildman–Crippen LogP) is 2.16. The Balaban J connectivity index is 2.08. The molecule has 3 N–H and O–H groups in total. The van der Waals surface area contributed by atoms with Crippen molar-refractivity contribution in [1.82, 2.24) is 5.32 Å². The van der Waals surface area contributed by atoms with Crippen molar-refractivity contribution < 1.29 is 4.74 Å². The summed E-state index contributed by atoms with van der Waals surface area (Å²) >= 11 is 0. The molecule has 0 aromatic carbocycles. The molecule has 1 rings (SSSR count). The third kappa shape index (κ3) is 5.36. The smallest absolute Gasteiger partial charge is 0.0468 e. The Bertz CT molecular complexity index is 219. The summed E-state index contributed by atoms with van der Waals surface area (Å²) in [4.78, 5) is 0. The van der Waals surface area contributed by atoms with Crippen LogP contribution >= 0.6 is 0 Å². The van der Waals surface area contributed by atoms with Gasteiger partial charge in [-0.05, 0) is 43.1 Å². The number of methoxy groups -OCH3 is 1. The molecule has 3 heteroatoms. The quantitative estimate of drug-likeness (QED) is 0.641. The van der Waals surface area contributed by atoms with Crippen LogP contribution in [0.4, 0.5) is 0 Å². The van der Waals surface area contributed by atoms with Gasteiger partial charge in [0.05, 0.1) is 0 Å². The van der Waals surface area contributed by atoms with Gasteiger partial charge in [0.25, 0.3) is 0 Å². The van der Waals surface area contributed by atoms with Crippen LogP contribution in [0.15, 0.2) is 0 Å². The van der Waals surface area contributed by atoms with Crippen molar-refractivity contribution in [3.05, 3.63) is 0 Å². The first kappa shape index (κ1) is 14.9. The lowest BCUT2D eigenvalue weighted by molar-refractivity contribution is 0.171. The Morgan fingerprint density at radius 2 is 2.00 bits per heavy atom. The topological polar surface area (TPSA) is 47.3 Å². The second-order valence-corrected chi connectivity index (χ2v) is 6.68. The molecule has 1 aliphatic rings. The summed E-state index contributed by atoms with van der Waals surface area (Å²) < 4.78 is 5.16. The number of ether oxygens (including phenoxy) is 1. The summed E-state index contributed by atoms with van der Waals surface area (Å²) in [6, 6.07) is 0.282. The molecule has 1 saturated carbocycles. The van der Waals surface area contributed by atoms with Crippen molar-refractivity contribution in [3.8, 4) is 0 Å². The van der Waals surface area contributed by atoms with Crippen LogP contribution in [0.2, 0.25) is 0 Å². The first-order chi connectivity index (χ1) is 7.90. The Morgan fingerprint density at radius 3 is 2.47 bits per heavy atom. The molecule has 17 heavy (non-hydrogen) atoms. The molecule has 0 spiro atoms. The van der Waals surface area contributed by atoms with E-state index in [-0.39, 0.29) is 11.5 Å². The minimum atomic E-state index is 0.217. The lowest BCUT2D eigenvalue weighted by Crippen LogP contribution is -2.38. The highest BCUT2D eigenvalue weighted by Gasteiger charge is 2.41. The van der Waals surface area contributed by atoms with E-state index in [9.17, 15) is 0 Å². The van der Waals surface area contributed by atoms with Gasteiger partial charge in [0.15, 0.2) is 0 Å². The van der Waals surface area contributed by atoms with Gasteiger partial charge in [0.1, 0.15) is 0 Å². The molecule has 1 fully saturated rings. The first-order valence-corrected chi connectivity index (χ1v) is 6.85. The fraction of sp³-hybridized carbons (Fsp3) is 1.00. The van der Waals surface area contributed by atoms with Crippen LogP contribution in [0.1, 0.15) is 46.5 Å². The maximum absolute atomic E-state index is 6.14. The summed E-state index contributed by atoms with van der Waals surface area (Å²) in [7, 11) is 1.78. The van der Waals surface area contributed by atoms with Crippen LogP contribution in [0, 0.1) is 10.8 Å². The molecule has 0 aliphatic heterocycles. The molecule has 1 unspecified atom stereocenters. The Hall–Kier alpha value is -0.120. The van der Waals surface area contributed by atoms with Gasteiger partial charge < -0.3 is 15.8 Å². The molecular weight excluding hydrogens is 212 g/mol. The summed E-state index contributed by atoms with van der Waals surface area (Å²) in [5.41, 5.74) is 6.90. The van der Waals surface area contributed by atoms with Gasteiger partial charge in [-0.15, -0.1) is 0 Å². The zero-order chi connectivity index (χ0) is 12.9. The number of rotatable bonds is 8. The Morgan fingerprint density at radius 1 is 1.35 bits per heavy atom. The second-order valence-electron chi connectivity index (χ2n) is 6.68. The zero-order valence-corrected chi connectivity index (χ0v) is 12.0. The molecule has 0 heterocycles. The Labute approximate surface area is 106 Å². The fourth-order valence-electron chi connectivity index (χ4n) is 2.05. The van der Waals surface area contributed by atoms with Gasteiger partial charge in [-0.3, -0.25) is 0 Å². The van der Waals surface area contributed by atoms with E-state index >= 15 is 0 Å². The number of nitrogens with one attached hydrogen (secondary N) is 1. The standard InChI is InChI=1S/C14H30N2O/c1-13(2,3)12(15)5-9-16-11-14(6-7-14)8-10-17-4/h12,16H,5-11,15H2,1-4H3. The molecule has 0 bridgehead atoms. The third-order valence-electron chi connectivity index (χ3n) is 4.04. The largest absolute Gasteiger partial charge is 0.385 e. The summed E-state index contributed by atoms with van der Waals surface area (Å²) in [6.07, 6.45) is 4.97. The molecule has 102 valence electrons. The van der Waals surface area contributed by atoms with E-state index in [2.05, 4.69) is 26.1 Å². The first-order valence-electron chi connectivity index (χ1n) is 6.85. The maximum Gasteiger partial charge on any atom is 0.0468 e. The lowest BCUT2D eigenvalue weighted by Gasteiger charge is -2.27. The second kappa shape index (κ2) is 6.17. The number of hydrogen-bond acceptors (Lipinski definition) is 3. The van der Waals surface area contributed by atoms with Gasteiger partial charge >= 0.3 is 0 Å². The summed E-state index contributed by atoms with van der Waals surface area (Å²) in [6.45, 7) is 9.68. The molecule has 0 amide bonds. The molecular formula is C14H30N2O. The van der Waals surface area contributed by atoms with E-state index in [1.807, 2.05) is 0 Å². The van der Waals surface area contributed by atoms with Crippen molar-refractivity contribution in [1.29, 1.82) is 0 Å². The van der Waals surface area contributed by atoms with E-state index < -0.39 is 0 Å². The highest BCUT2D eigenvalue weighted by Crippen LogP contribution is 2.48. The van der Waals surface area contributed by atoms with E-state index in [0.717, 1.165) is 26.1 Å². The van der Waals surface area contributed by atoms with Gasteiger partial charge in [0, 0.05) is 26.3 Å². The van der Waals surface area contributed by atoms with E-state index in [4.69, 9.17) is 10.5 Å². The van der Waals surface area contributed by atoms with Crippen LogP contribution in [-0.2, 0) is 4.74 Å². The molecule has 0 radical (unpaired) electrons. The molecule has 0 aromatic heterocycles. The highest BCUT2D eigenvalue weighted by molar-refractivity contribution is 4.94. The molecule has 3 nitrogen and oxygen atoms in total. The summed E-state index contributed by atoms with van der Waals surface area (Å²) in [5.74, 6) is 0. The van der Waals surface area contributed by atoms with Crippen LogP contribution in [0.5, 0.6) is 0 Å². The average molecular weight is 242 g/mol. The van der Waals surface area contributed by atoms with Crippen molar-refractivity contribution in [2.45, 2.75) is 52.5 Å². The van der Waals surface area contributed by atoms with Gasteiger partial charge in [-0.25, -0.2) is 0 Å². The highest BCUT2D eigenvalue weighted by atomic mass is 16.5. The van der Waals surface area contributed by atoms with Crippen LogP contribution < -0.4 is 11.1 Å². The van der Waals surface area contributed by atoms with E-state index in [1.54, 1.807) is 7.11 Å². The van der Waals surface area contributed by atoms with Crippen molar-refractivity contribution in [2.75, 3.05) is 26.8 Å². The molecule has 0 saturated heterocycles. The third-order valence-corrected chi connectivity index (χ3v) is 4.04. The maximum atomic E-state index is 6.14. The molecule has 0 aromatic rings. The molecule has 1 atom stereocenters. The summed E-state index contributed by atoms with van der Waals surface area (Å²) in [5, 5.41) is 3.56. The van der Waals surface area contributed by atoms with Crippen molar-refractivity contribution >= 4 is 0 Å². The predicted molar refractivity (Wildman–Crippen MR) is 73.1 cm³/mol. The van der Waals surface area contributed by atoms with Gasteiger partial charge in [-0.1, -0.05) is 20.8 Å². The van der Waals surface area contributed by atoms with Crippen LogP contribution in [0.3, 0.4) is 0 Å². The molecule has 1 aliphatic carbocycles. The van der Waals surface area contributed by atoms with Gasteiger partial charge in [-0.2, -0.15) is 0 Å². The SMILES string of the molecule is COCCC1(CNCCC(N)C(C)(C)C)CC1. The van der Waals surface area contributed by atoms with E-state index in [1.165, 1.54) is 19.3 Å². The average Bonchev–Trinajstić information content (AvgIpc) is 3.01. The Kier molecular flexibility index (Phi) is 5.42. The van der Waals surface area contributed by atoms with Crippen LogP contribution in [0.25, 0.3) is 0 Å². The normalized spacial score (nSPS) is 20.3. The monoisotopic (exact) mass is 242 g/mol. The fourth-order valence-corrected chi connectivity index (χ4v) is 2.05. The lowest BCUT2D eigenvalue weighted by atomic mass is 9.85. The van der Waals surface area contributed by atoms with Crippen molar-refractivity contribution in [3.63, 3.8) is 0 Å². The zero-order valence-electron chi connectivity index (χ0n) is 12.0. The van der Waals surface area contributed by atoms with Gasteiger partial charge in [0.2, 0.25) is 0 Å². The minimum Gasteiger partial charge on any atom is -0.385 e. The number of hydrogen-bond donors (Lipinski definition) is 2.